The molecule has 0 N–H and O–H groups in total. The number of rotatable bonds is 8. The maximum Gasteiger partial charge on any atom is 0.135 e. The lowest BCUT2D eigenvalue weighted by Crippen LogP contribution is -2.21. The minimum atomic E-state index is 0.842. The molecule has 0 aliphatic heterocycles. The van der Waals surface area contributed by atoms with E-state index in [2.05, 4.69) is 105 Å². The highest BCUT2D eigenvalue weighted by molar-refractivity contribution is 5.99. The van der Waals surface area contributed by atoms with Crippen LogP contribution in [0.5, 0.6) is 11.5 Å². The second kappa shape index (κ2) is 10.9. The van der Waals surface area contributed by atoms with Crippen molar-refractivity contribution in [1.82, 2.24) is 4.90 Å². The Balaban J connectivity index is 1.52. The number of para-hydroxylation sites is 2. The molecule has 0 radical (unpaired) electrons. The van der Waals surface area contributed by atoms with E-state index in [1.165, 1.54) is 50.1 Å². The zero-order chi connectivity index (χ0) is 26.8. The first kappa shape index (κ1) is 25.2. The molecule has 194 valence electrons. The van der Waals surface area contributed by atoms with Crippen molar-refractivity contribution in [2.45, 2.75) is 33.7 Å². The Kier molecular flexibility index (Phi) is 7.04. The smallest absolute Gasteiger partial charge is 0.135 e. The van der Waals surface area contributed by atoms with Gasteiger partial charge in [0.1, 0.15) is 11.5 Å². The van der Waals surface area contributed by atoms with E-state index in [0.717, 1.165) is 43.1 Å². The molecule has 1 aliphatic rings. The Hall–Kier alpha value is -4.14. The fourth-order valence-corrected chi connectivity index (χ4v) is 5.82. The maximum absolute atomic E-state index is 6.44. The first-order valence-electron chi connectivity index (χ1n) is 14.0. The van der Waals surface area contributed by atoms with Crippen LogP contribution in [-0.2, 0) is 13.0 Å². The van der Waals surface area contributed by atoms with Crippen molar-refractivity contribution in [2.75, 3.05) is 13.1 Å². The van der Waals surface area contributed by atoms with Crippen molar-refractivity contribution in [3.63, 3.8) is 0 Å². The molecule has 0 amide bonds. The minimum absolute atomic E-state index is 0.842. The van der Waals surface area contributed by atoms with Crippen molar-refractivity contribution in [2.24, 2.45) is 0 Å². The highest BCUT2D eigenvalue weighted by atomic mass is 16.5. The summed E-state index contributed by atoms with van der Waals surface area (Å²) < 4.78 is 6.44. The van der Waals surface area contributed by atoms with E-state index in [0.29, 0.717) is 0 Å². The minimum Gasteiger partial charge on any atom is -0.457 e. The van der Waals surface area contributed by atoms with Crippen molar-refractivity contribution >= 4 is 0 Å². The van der Waals surface area contributed by atoms with Crippen LogP contribution in [0.2, 0.25) is 0 Å². The fraction of sp³-hybridized carbons (Fsp3) is 0.189. The first-order valence-corrected chi connectivity index (χ1v) is 14.0. The third-order valence-electron chi connectivity index (χ3n) is 7.89. The molecule has 0 atom stereocenters. The lowest BCUT2D eigenvalue weighted by atomic mass is 9.86. The zero-order valence-corrected chi connectivity index (χ0v) is 23.1. The maximum atomic E-state index is 6.44. The van der Waals surface area contributed by atoms with Gasteiger partial charge < -0.3 is 4.74 Å². The Morgan fingerprint density at radius 1 is 0.641 bits per heavy atom. The van der Waals surface area contributed by atoms with Crippen molar-refractivity contribution in [3.8, 4) is 44.9 Å². The molecule has 2 nitrogen and oxygen atoms in total. The van der Waals surface area contributed by atoms with Gasteiger partial charge in [-0.3, -0.25) is 4.90 Å². The molecule has 6 rings (SSSR count). The lowest BCUT2D eigenvalue weighted by Gasteiger charge is -2.20. The summed E-state index contributed by atoms with van der Waals surface area (Å²) in [5, 5.41) is 0. The molecule has 5 aromatic carbocycles. The van der Waals surface area contributed by atoms with Crippen molar-refractivity contribution < 1.29 is 4.74 Å². The van der Waals surface area contributed by atoms with Crippen LogP contribution in [0.25, 0.3) is 33.4 Å². The van der Waals surface area contributed by atoms with E-state index in [1.807, 2.05) is 30.3 Å². The predicted molar refractivity (Wildman–Crippen MR) is 163 cm³/mol. The molecular weight excluding hydrogens is 474 g/mol. The van der Waals surface area contributed by atoms with E-state index in [9.17, 15) is 0 Å². The van der Waals surface area contributed by atoms with E-state index < -0.39 is 0 Å². The Morgan fingerprint density at radius 3 is 2.13 bits per heavy atom. The average Bonchev–Trinajstić information content (AvgIpc) is 3.34. The van der Waals surface area contributed by atoms with Crippen LogP contribution in [0.3, 0.4) is 0 Å². The second-order valence-corrected chi connectivity index (χ2v) is 10.4. The average molecular weight is 510 g/mol. The number of benzene rings is 5. The second-order valence-electron chi connectivity index (χ2n) is 10.4. The van der Waals surface area contributed by atoms with E-state index in [-0.39, 0.29) is 0 Å². The number of hydrogen-bond donors (Lipinski definition) is 0. The van der Waals surface area contributed by atoms with Gasteiger partial charge in [0.15, 0.2) is 0 Å². The Morgan fingerprint density at radius 2 is 1.36 bits per heavy atom. The van der Waals surface area contributed by atoms with Gasteiger partial charge in [0.25, 0.3) is 0 Å². The summed E-state index contributed by atoms with van der Waals surface area (Å²) in [6.45, 7) is 9.73. The van der Waals surface area contributed by atoms with Crippen molar-refractivity contribution in [3.05, 3.63) is 131 Å². The van der Waals surface area contributed by atoms with Gasteiger partial charge in [0.2, 0.25) is 0 Å². The Labute approximate surface area is 232 Å². The van der Waals surface area contributed by atoms with Crippen LogP contribution in [0.4, 0.5) is 0 Å². The molecule has 0 spiro atoms. The summed E-state index contributed by atoms with van der Waals surface area (Å²) in [6.07, 6.45) is 0.974. The van der Waals surface area contributed by atoms with Gasteiger partial charge >= 0.3 is 0 Å². The van der Waals surface area contributed by atoms with E-state index in [4.69, 9.17) is 4.74 Å². The van der Waals surface area contributed by atoms with Gasteiger partial charge in [-0.05, 0) is 89.1 Å². The molecule has 0 aromatic heterocycles. The standard InChI is InChI=1S/C37H35NO/c1-4-38(5-2)25-27-16-18-28(19-17-27)36-34(22-20-29-24-30-23-26(3)15-21-32(30)37(29)36)33-13-9-10-14-35(33)39-31-11-7-6-8-12-31/h6-23H,4-5,24-25H2,1-3H3. The summed E-state index contributed by atoms with van der Waals surface area (Å²) in [5.41, 5.74) is 13.0. The van der Waals surface area contributed by atoms with Crippen molar-refractivity contribution in [1.29, 1.82) is 0 Å². The summed E-state index contributed by atoms with van der Waals surface area (Å²) >= 11 is 0. The zero-order valence-electron chi connectivity index (χ0n) is 23.1. The van der Waals surface area contributed by atoms with Crippen LogP contribution in [0, 0.1) is 6.92 Å². The topological polar surface area (TPSA) is 12.5 Å². The molecule has 0 fully saturated rings. The quantitative estimate of drug-likeness (QED) is 0.202. The fourth-order valence-electron chi connectivity index (χ4n) is 5.82. The molecule has 0 saturated carbocycles. The van der Waals surface area contributed by atoms with E-state index in [1.54, 1.807) is 0 Å². The summed E-state index contributed by atoms with van der Waals surface area (Å²) in [5.74, 6) is 1.71. The van der Waals surface area contributed by atoms with Crippen LogP contribution in [-0.4, -0.2) is 18.0 Å². The van der Waals surface area contributed by atoms with E-state index >= 15 is 0 Å². The van der Waals surface area contributed by atoms with Gasteiger partial charge in [-0.1, -0.05) is 110 Å². The molecule has 39 heavy (non-hydrogen) atoms. The summed E-state index contributed by atoms with van der Waals surface area (Å²) in [6, 6.07) is 39.2. The third-order valence-corrected chi connectivity index (χ3v) is 7.89. The van der Waals surface area contributed by atoms with Crippen LogP contribution in [0.1, 0.15) is 36.1 Å². The predicted octanol–water partition coefficient (Wildman–Crippen LogP) is 9.53. The van der Waals surface area contributed by atoms with Gasteiger partial charge in [0.05, 0.1) is 0 Å². The Bertz CT molecular complexity index is 1600. The highest BCUT2D eigenvalue weighted by Crippen LogP contribution is 2.49. The normalized spacial score (nSPS) is 11.9. The largest absolute Gasteiger partial charge is 0.457 e. The lowest BCUT2D eigenvalue weighted by molar-refractivity contribution is 0.296. The SMILES string of the molecule is CCN(CC)Cc1ccc(-c2c(-c3ccccc3Oc3ccccc3)ccc3c2-c2ccc(C)cc2C3)cc1. The molecule has 0 heterocycles. The molecule has 2 heteroatoms. The molecule has 0 bridgehead atoms. The van der Waals surface area contributed by atoms with Crippen LogP contribution >= 0.6 is 0 Å². The van der Waals surface area contributed by atoms with Gasteiger partial charge in [-0.25, -0.2) is 0 Å². The highest BCUT2D eigenvalue weighted by Gasteiger charge is 2.26. The molecular formula is C37H35NO. The first-order chi connectivity index (χ1) is 19.1. The summed E-state index contributed by atoms with van der Waals surface area (Å²) in [4.78, 5) is 2.45. The monoisotopic (exact) mass is 509 g/mol. The van der Waals surface area contributed by atoms with Gasteiger partial charge in [-0.2, -0.15) is 0 Å². The van der Waals surface area contributed by atoms with Gasteiger partial charge in [0, 0.05) is 12.1 Å². The molecule has 0 saturated heterocycles. The molecule has 1 aliphatic carbocycles. The third kappa shape index (κ3) is 5.01. The number of nitrogens with zero attached hydrogens (tertiary/aromatic N) is 1. The molecule has 0 unspecified atom stereocenters. The number of aryl methyl sites for hydroxylation is 1. The van der Waals surface area contributed by atoms with Crippen LogP contribution in [0.15, 0.2) is 109 Å². The number of ether oxygens (including phenoxy) is 1. The number of hydrogen-bond acceptors (Lipinski definition) is 2. The van der Waals surface area contributed by atoms with Crippen LogP contribution < -0.4 is 4.74 Å². The summed E-state index contributed by atoms with van der Waals surface area (Å²) in [7, 11) is 0. The van der Waals surface area contributed by atoms with Gasteiger partial charge in [-0.15, -0.1) is 0 Å². The number of fused-ring (bicyclic) bond motifs is 3. The molecule has 5 aromatic rings.